The minimum Gasteiger partial charge on any atom is -0.491 e. The Balaban J connectivity index is 2.44. The van der Waals surface area contributed by atoms with Gasteiger partial charge in [-0.2, -0.15) is 0 Å². The molecule has 1 aliphatic rings. The number of rotatable bonds is 3. The highest BCUT2D eigenvalue weighted by Gasteiger charge is 2.24. The van der Waals surface area contributed by atoms with E-state index in [4.69, 9.17) is 10.5 Å². The number of nitrogens with zero attached hydrogens (tertiary/aromatic N) is 1. The van der Waals surface area contributed by atoms with Crippen molar-refractivity contribution in [3.63, 3.8) is 0 Å². The van der Waals surface area contributed by atoms with Crippen LogP contribution in [-0.4, -0.2) is 19.1 Å². The summed E-state index contributed by atoms with van der Waals surface area (Å²) < 4.78 is 5.66. The quantitative estimate of drug-likeness (QED) is 0.910. The van der Waals surface area contributed by atoms with Gasteiger partial charge in [-0.1, -0.05) is 19.9 Å². The predicted octanol–water partition coefficient (Wildman–Crippen LogP) is 2.48. The van der Waals surface area contributed by atoms with Crippen molar-refractivity contribution in [1.82, 2.24) is 0 Å². The number of benzene rings is 1. The van der Waals surface area contributed by atoms with Crippen LogP contribution in [-0.2, 0) is 4.79 Å². The Morgan fingerprint density at radius 1 is 1.37 bits per heavy atom. The first-order valence-corrected chi connectivity index (χ1v) is 6.81. The van der Waals surface area contributed by atoms with E-state index in [1.807, 2.05) is 30.0 Å². The van der Waals surface area contributed by atoms with Gasteiger partial charge in [0.25, 0.3) is 0 Å². The number of carbonyl (C=O) groups is 1. The first-order chi connectivity index (χ1) is 8.99. The van der Waals surface area contributed by atoms with Crippen LogP contribution in [0.5, 0.6) is 5.75 Å². The molecule has 0 saturated heterocycles. The lowest BCUT2D eigenvalue weighted by Crippen LogP contribution is -2.33. The molecule has 1 aliphatic heterocycles. The maximum Gasteiger partial charge on any atom is 0.230 e. The summed E-state index contributed by atoms with van der Waals surface area (Å²) in [6.45, 7) is 7.30. The van der Waals surface area contributed by atoms with E-state index in [9.17, 15) is 4.79 Å². The molecule has 4 heteroatoms. The highest BCUT2D eigenvalue weighted by atomic mass is 16.5. The van der Waals surface area contributed by atoms with E-state index in [0.29, 0.717) is 25.5 Å². The lowest BCUT2D eigenvalue weighted by Gasteiger charge is -2.24. The Hall–Kier alpha value is -1.55. The smallest absolute Gasteiger partial charge is 0.230 e. The second kappa shape index (κ2) is 5.61. The summed E-state index contributed by atoms with van der Waals surface area (Å²) in [6, 6.07) is 5.81. The van der Waals surface area contributed by atoms with Crippen LogP contribution in [0.3, 0.4) is 0 Å². The molecular formula is C15H22N2O2. The molecule has 2 rings (SSSR count). The summed E-state index contributed by atoms with van der Waals surface area (Å²) in [7, 11) is 0. The van der Waals surface area contributed by atoms with Crippen molar-refractivity contribution in [2.75, 3.05) is 18.1 Å². The van der Waals surface area contributed by atoms with Gasteiger partial charge in [-0.3, -0.25) is 4.79 Å². The van der Waals surface area contributed by atoms with Crippen molar-refractivity contribution in [2.24, 2.45) is 11.7 Å². The van der Waals surface area contributed by atoms with Crippen LogP contribution in [0.2, 0.25) is 0 Å². The predicted molar refractivity (Wildman–Crippen MR) is 76.3 cm³/mol. The summed E-state index contributed by atoms with van der Waals surface area (Å²) in [5, 5.41) is 0. The Labute approximate surface area is 114 Å². The number of fused-ring (bicyclic) bond motifs is 1. The lowest BCUT2D eigenvalue weighted by atomic mass is 10.1. The Morgan fingerprint density at radius 3 is 2.74 bits per heavy atom. The largest absolute Gasteiger partial charge is 0.491 e. The third-order valence-electron chi connectivity index (χ3n) is 3.22. The molecule has 104 valence electrons. The molecule has 0 aromatic heterocycles. The number of nitrogens with two attached hydrogens (primary N) is 1. The van der Waals surface area contributed by atoms with E-state index in [1.54, 1.807) is 0 Å². The molecule has 0 saturated carbocycles. The highest BCUT2D eigenvalue weighted by molar-refractivity contribution is 5.95. The molecule has 2 N–H and O–H groups in total. The molecule has 0 aliphatic carbocycles. The monoisotopic (exact) mass is 262 g/mol. The number of anilines is 1. The molecular weight excluding hydrogens is 240 g/mol. The van der Waals surface area contributed by atoms with Gasteiger partial charge < -0.3 is 15.4 Å². The molecule has 0 radical (unpaired) electrons. The van der Waals surface area contributed by atoms with Gasteiger partial charge in [0.05, 0.1) is 18.7 Å². The molecule has 0 bridgehead atoms. The zero-order valence-corrected chi connectivity index (χ0v) is 11.8. The van der Waals surface area contributed by atoms with E-state index in [-0.39, 0.29) is 11.9 Å². The van der Waals surface area contributed by atoms with Gasteiger partial charge in [-0.15, -0.1) is 0 Å². The summed E-state index contributed by atoms with van der Waals surface area (Å²) in [4.78, 5) is 14.0. The van der Waals surface area contributed by atoms with E-state index < -0.39 is 0 Å². The molecule has 19 heavy (non-hydrogen) atoms. The SMILES string of the molecule is CC(C)CN1C(=O)CCOc2ccc(C(C)N)cc21. The van der Waals surface area contributed by atoms with Crippen molar-refractivity contribution in [2.45, 2.75) is 33.2 Å². The fourth-order valence-electron chi connectivity index (χ4n) is 2.23. The van der Waals surface area contributed by atoms with E-state index in [1.165, 1.54) is 0 Å². The van der Waals surface area contributed by atoms with Crippen molar-refractivity contribution in [3.8, 4) is 5.75 Å². The molecule has 1 heterocycles. The van der Waals surface area contributed by atoms with Crippen molar-refractivity contribution in [3.05, 3.63) is 23.8 Å². The number of ether oxygens (including phenoxy) is 1. The molecule has 1 unspecified atom stereocenters. The fraction of sp³-hybridized carbons (Fsp3) is 0.533. The van der Waals surface area contributed by atoms with Gasteiger partial charge >= 0.3 is 0 Å². The summed E-state index contributed by atoms with van der Waals surface area (Å²) >= 11 is 0. The normalized spacial score (nSPS) is 16.9. The van der Waals surface area contributed by atoms with E-state index in [0.717, 1.165) is 17.0 Å². The summed E-state index contributed by atoms with van der Waals surface area (Å²) in [5.41, 5.74) is 7.80. The zero-order valence-electron chi connectivity index (χ0n) is 11.8. The third kappa shape index (κ3) is 3.07. The van der Waals surface area contributed by atoms with Crippen LogP contribution in [0.4, 0.5) is 5.69 Å². The van der Waals surface area contributed by atoms with E-state index in [2.05, 4.69) is 13.8 Å². The van der Waals surface area contributed by atoms with Crippen molar-refractivity contribution >= 4 is 11.6 Å². The summed E-state index contributed by atoms with van der Waals surface area (Å²) in [6.07, 6.45) is 0.426. The number of hydrogen-bond acceptors (Lipinski definition) is 3. The second-order valence-corrected chi connectivity index (χ2v) is 5.51. The number of hydrogen-bond donors (Lipinski definition) is 1. The van der Waals surface area contributed by atoms with Crippen LogP contribution in [0, 0.1) is 5.92 Å². The molecule has 1 amide bonds. The minimum atomic E-state index is -0.0513. The first kappa shape index (κ1) is 13.9. The van der Waals surface area contributed by atoms with Crippen LogP contribution >= 0.6 is 0 Å². The lowest BCUT2D eigenvalue weighted by molar-refractivity contribution is -0.118. The van der Waals surface area contributed by atoms with Gasteiger partial charge in [-0.05, 0) is 30.5 Å². The Morgan fingerprint density at radius 2 is 2.11 bits per heavy atom. The number of amides is 1. The highest BCUT2D eigenvalue weighted by Crippen LogP contribution is 2.34. The molecule has 0 spiro atoms. The maximum atomic E-state index is 12.2. The van der Waals surface area contributed by atoms with Gasteiger partial charge in [0.1, 0.15) is 5.75 Å². The van der Waals surface area contributed by atoms with Crippen LogP contribution < -0.4 is 15.4 Å². The van der Waals surface area contributed by atoms with Crippen molar-refractivity contribution in [1.29, 1.82) is 0 Å². The van der Waals surface area contributed by atoms with Gasteiger partial charge in [-0.25, -0.2) is 0 Å². The van der Waals surface area contributed by atoms with Crippen LogP contribution in [0.25, 0.3) is 0 Å². The van der Waals surface area contributed by atoms with Gasteiger partial charge in [0.2, 0.25) is 5.91 Å². The number of carbonyl (C=O) groups excluding carboxylic acids is 1. The molecule has 1 aromatic rings. The van der Waals surface area contributed by atoms with Gasteiger partial charge in [0, 0.05) is 12.6 Å². The standard InChI is InChI=1S/C15H22N2O2/c1-10(2)9-17-13-8-12(11(3)16)4-5-14(13)19-7-6-15(17)18/h4-5,8,10-11H,6-7,9,16H2,1-3H3. The second-order valence-electron chi connectivity index (χ2n) is 5.51. The van der Waals surface area contributed by atoms with Crippen molar-refractivity contribution < 1.29 is 9.53 Å². The molecule has 0 fully saturated rings. The zero-order chi connectivity index (χ0) is 14.0. The Bertz CT molecular complexity index is 469. The summed E-state index contributed by atoms with van der Waals surface area (Å²) in [5.74, 6) is 1.30. The maximum absolute atomic E-state index is 12.2. The van der Waals surface area contributed by atoms with E-state index >= 15 is 0 Å². The molecule has 1 atom stereocenters. The topological polar surface area (TPSA) is 55.6 Å². The molecule has 1 aromatic carbocycles. The van der Waals surface area contributed by atoms with Gasteiger partial charge in [0.15, 0.2) is 0 Å². The fourth-order valence-corrected chi connectivity index (χ4v) is 2.23. The Kier molecular flexibility index (Phi) is 4.10. The average Bonchev–Trinajstić information content (AvgIpc) is 2.49. The molecule has 4 nitrogen and oxygen atoms in total. The average molecular weight is 262 g/mol. The minimum absolute atomic E-state index is 0.0513. The first-order valence-electron chi connectivity index (χ1n) is 6.81. The van der Waals surface area contributed by atoms with Crippen LogP contribution in [0.1, 0.15) is 38.8 Å². The van der Waals surface area contributed by atoms with Crippen LogP contribution in [0.15, 0.2) is 18.2 Å². The third-order valence-corrected chi connectivity index (χ3v) is 3.22.